The number of benzene rings is 2. The molecule has 0 saturated carbocycles. The largest absolute Gasteiger partial charge is 0.324 e. The van der Waals surface area contributed by atoms with Gasteiger partial charge < -0.3 is 5.32 Å². The lowest BCUT2D eigenvalue weighted by Gasteiger charge is -2.09. The molecule has 4 aromatic rings. The van der Waals surface area contributed by atoms with Crippen molar-refractivity contribution in [3.8, 4) is 21.8 Å². The number of rotatable bonds is 5. The van der Waals surface area contributed by atoms with Gasteiger partial charge in [-0.3, -0.25) is 4.79 Å². The molecule has 2 heterocycles. The van der Waals surface area contributed by atoms with E-state index in [0.717, 1.165) is 5.56 Å². The topological polar surface area (TPSA) is 72.7 Å². The Balaban J connectivity index is 1.60. The van der Waals surface area contributed by atoms with Crippen LogP contribution in [0.4, 0.5) is 10.1 Å². The van der Waals surface area contributed by atoms with Crippen LogP contribution in [0.2, 0.25) is 0 Å². The molecule has 0 bridgehead atoms. The first-order chi connectivity index (χ1) is 13.2. The summed E-state index contributed by atoms with van der Waals surface area (Å²) in [5.41, 5.74) is 2.53. The van der Waals surface area contributed by atoms with Crippen molar-refractivity contribution in [2.45, 2.75) is 6.54 Å². The van der Waals surface area contributed by atoms with E-state index < -0.39 is 0 Å². The Morgan fingerprint density at radius 1 is 1.11 bits per heavy atom. The van der Waals surface area contributed by atoms with Crippen molar-refractivity contribution < 1.29 is 9.18 Å². The summed E-state index contributed by atoms with van der Waals surface area (Å²) >= 11 is 1.36. The Labute approximate surface area is 158 Å². The molecule has 8 heteroatoms. The van der Waals surface area contributed by atoms with Crippen LogP contribution in [0.1, 0.15) is 0 Å². The van der Waals surface area contributed by atoms with E-state index in [0.29, 0.717) is 22.0 Å². The number of nitrogens with one attached hydrogen (secondary N) is 1. The maximum Gasteiger partial charge on any atom is 0.246 e. The van der Waals surface area contributed by atoms with Gasteiger partial charge in [0.15, 0.2) is 0 Å². The van der Waals surface area contributed by atoms with Gasteiger partial charge in [-0.1, -0.05) is 30.3 Å². The zero-order chi connectivity index (χ0) is 18.6. The normalized spacial score (nSPS) is 10.7. The summed E-state index contributed by atoms with van der Waals surface area (Å²) in [4.78, 5) is 20.6. The number of halogens is 1. The van der Waals surface area contributed by atoms with Crippen LogP contribution in [0.5, 0.6) is 0 Å². The highest BCUT2D eigenvalue weighted by atomic mass is 32.1. The fourth-order valence-corrected chi connectivity index (χ4v) is 3.47. The van der Waals surface area contributed by atoms with Gasteiger partial charge in [-0.2, -0.15) is 5.10 Å². The highest BCUT2D eigenvalue weighted by Gasteiger charge is 2.14. The van der Waals surface area contributed by atoms with Gasteiger partial charge in [0.2, 0.25) is 5.91 Å². The third kappa shape index (κ3) is 3.75. The Hall–Kier alpha value is -3.39. The first-order valence-corrected chi connectivity index (χ1v) is 9.01. The number of nitrogens with zero attached hydrogens (tertiary/aromatic N) is 4. The van der Waals surface area contributed by atoms with Crippen molar-refractivity contribution >= 4 is 22.9 Å². The zero-order valence-corrected chi connectivity index (χ0v) is 14.9. The lowest BCUT2D eigenvalue weighted by Crippen LogP contribution is -2.19. The minimum Gasteiger partial charge on any atom is -0.324 e. The van der Waals surface area contributed by atoms with Crippen molar-refractivity contribution in [1.82, 2.24) is 19.7 Å². The van der Waals surface area contributed by atoms with Crippen LogP contribution in [0.15, 0.2) is 66.6 Å². The first-order valence-electron chi connectivity index (χ1n) is 8.13. The van der Waals surface area contributed by atoms with Crippen LogP contribution in [0, 0.1) is 5.82 Å². The third-order valence-corrected chi connectivity index (χ3v) is 4.73. The fourth-order valence-electron chi connectivity index (χ4n) is 2.62. The molecule has 0 atom stereocenters. The van der Waals surface area contributed by atoms with Crippen molar-refractivity contribution in [3.05, 3.63) is 72.4 Å². The van der Waals surface area contributed by atoms with Crippen LogP contribution in [0.3, 0.4) is 0 Å². The standard InChI is InChI=1S/C19H14FN5OS/c20-15-7-3-1-5-13(15)19-24-17(10-27-19)14-6-2-4-8-16(14)23-18(26)9-25-12-21-11-22-25/h1-8,10-12H,9H2,(H,23,26). The van der Waals surface area contributed by atoms with Gasteiger partial charge >= 0.3 is 0 Å². The smallest absolute Gasteiger partial charge is 0.246 e. The van der Waals surface area contributed by atoms with E-state index in [2.05, 4.69) is 20.4 Å². The van der Waals surface area contributed by atoms with Crippen LogP contribution < -0.4 is 5.32 Å². The summed E-state index contributed by atoms with van der Waals surface area (Å²) < 4.78 is 15.5. The minimum atomic E-state index is -0.312. The number of thiazole rings is 1. The Morgan fingerprint density at radius 2 is 1.89 bits per heavy atom. The molecule has 2 aromatic carbocycles. The first kappa shape index (κ1) is 17.0. The van der Waals surface area contributed by atoms with E-state index in [9.17, 15) is 9.18 Å². The average Bonchev–Trinajstić information content (AvgIpc) is 3.34. The maximum absolute atomic E-state index is 14.0. The molecular formula is C19H14FN5OS. The second kappa shape index (κ2) is 7.46. The molecular weight excluding hydrogens is 365 g/mol. The van der Waals surface area contributed by atoms with E-state index in [-0.39, 0.29) is 18.3 Å². The van der Waals surface area contributed by atoms with E-state index in [4.69, 9.17) is 0 Å². The summed E-state index contributed by atoms with van der Waals surface area (Å²) in [7, 11) is 0. The van der Waals surface area contributed by atoms with Crippen molar-refractivity contribution in [2.75, 3.05) is 5.32 Å². The van der Waals surface area contributed by atoms with E-state index >= 15 is 0 Å². The summed E-state index contributed by atoms with van der Waals surface area (Å²) in [5, 5.41) is 9.23. The number of hydrogen-bond acceptors (Lipinski definition) is 5. The summed E-state index contributed by atoms with van der Waals surface area (Å²) in [6.07, 6.45) is 2.85. The van der Waals surface area contributed by atoms with Gasteiger partial charge in [0, 0.05) is 16.5 Å². The number of anilines is 1. The number of para-hydroxylation sites is 1. The molecule has 6 nitrogen and oxygen atoms in total. The van der Waals surface area contributed by atoms with Gasteiger partial charge in [0.05, 0.1) is 11.4 Å². The second-order valence-electron chi connectivity index (χ2n) is 5.70. The van der Waals surface area contributed by atoms with E-state index in [1.807, 2.05) is 23.6 Å². The number of amides is 1. The lowest BCUT2D eigenvalue weighted by atomic mass is 10.1. The van der Waals surface area contributed by atoms with Crippen LogP contribution in [0.25, 0.3) is 21.8 Å². The molecule has 2 aromatic heterocycles. The molecule has 0 saturated heterocycles. The number of hydrogen-bond donors (Lipinski definition) is 1. The highest BCUT2D eigenvalue weighted by Crippen LogP contribution is 2.33. The zero-order valence-electron chi connectivity index (χ0n) is 14.0. The molecule has 4 rings (SSSR count). The number of aromatic nitrogens is 4. The van der Waals surface area contributed by atoms with E-state index in [1.165, 1.54) is 34.7 Å². The average molecular weight is 379 g/mol. The van der Waals surface area contributed by atoms with Gasteiger partial charge in [-0.05, 0) is 18.2 Å². The number of carbonyl (C=O) groups is 1. The van der Waals surface area contributed by atoms with Crippen molar-refractivity contribution in [1.29, 1.82) is 0 Å². The van der Waals surface area contributed by atoms with Crippen molar-refractivity contribution in [3.63, 3.8) is 0 Å². The Kier molecular flexibility index (Phi) is 4.71. The maximum atomic E-state index is 14.0. The fraction of sp³-hybridized carbons (Fsp3) is 0.0526. The van der Waals surface area contributed by atoms with Crippen molar-refractivity contribution in [2.24, 2.45) is 0 Å². The van der Waals surface area contributed by atoms with Gasteiger partial charge in [-0.25, -0.2) is 19.0 Å². The molecule has 0 fully saturated rings. The summed E-state index contributed by atoms with van der Waals surface area (Å²) in [5.74, 6) is -0.537. The third-order valence-electron chi connectivity index (χ3n) is 3.86. The monoisotopic (exact) mass is 379 g/mol. The van der Waals surface area contributed by atoms with Crippen LogP contribution >= 0.6 is 11.3 Å². The Bertz CT molecular complexity index is 1080. The predicted molar refractivity (Wildman–Crippen MR) is 102 cm³/mol. The van der Waals surface area contributed by atoms with Gasteiger partial charge in [0.1, 0.15) is 30.0 Å². The minimum absolute atomic E-state index is 0.0614. The molecule has 0 aliphatic heterocycles. The molecule has 1 amide bonds. The molecule has 0 radical (unpaired) electrons. The quantitative estimate of drug-likeness (QED) is 0.572. The summed E-state index contributed by atoms with van der Waals surface area (Å²) in [6, 6.07) is 13.9. The molecule has 0 spiro atoms. The molecule has 27 heavy (non-hydrogen) atoms. The highest BCUT2D eigenvalue weighted by molar-refractivity contribution is 7.13. The molecule has 1 N–H and O–H groups in total. The second-order valence-corrected chi connectivity index (χ2v) is 6.56. The molecule has 134 valence electrons. The molecule has 0 unspecified atom stereocenters. The predicted octanol–water partition coefficient (Wildman–Crippen LogP) is 3.85. The summed E-state index contributed by atoms with van der Waals surface area (Å²) in [6.45, 7) is 0.0614. The lowest BCUT2D eigenvalue weighted by molar-refractivity contribution is -0.116. The van der Waals surface area contributed by atoms with Gasteiger partial charge in [-0.15, -0.1) is 11.3 Å². The SMILES string of the molecule is O=C(Cn1cncn1)Nc1ccccc1-c1csc(-c2ccccc2F)n1. The van der Waals surface area contributed by atoms with Crippen LogP contribution in [-0.2, 0) is 11.3 Å². The molecule has 0 aliphatic rings. The van der Waals surface area contributed by atoms with Gasteiger partial charge in [0.25, 0.3) is 0 Å². The van der Waals surface area contributed by atoms with E-state index in [1.54, 1.807) is 24.3 Å². The molecule has 0 aliphatic carbocycles. The number of carbonyl (C=O) groups excluding carboxylic acids is 1. The van der Waals surface area contributed by atoms with Crippen LogP contribution in [-0.4, -0.2) is 25.7 Å². The Morgan fingerprint density at radius 3 is 2.67 bits per heavy atom.